The van der Waals surface area contributed by atoms with Crippen LogP contribution in [0.2, 0.25) is 0 Å². The van der Waals surface area contributed by atoms with Gasteiger partial charge in [-0.1, -0.05) is 0 Å². The maximum absolute atomic E-state index is 12.0. The Morgan fingerprint density at radius 2 is 2.07 bits per heavy atom. The second-order valence-corrected chi connectivity index (χ2v) is 5.57. The molecule has 0 saturated carbocycles. The number of nitrogens with zero attached hydrogens (tertiary/aromatic N) is 1. The van der Waals surface area contributed by atoms with Crippen LogP contribution in [0.1, 0.15) is 6.42 Å². The van der Waals surface area contributed by atoms with Crippen molar-refractivity contribution >= 4 is 9.84 Å². The molecule has 4 nitrogen and oxygen atoms in total. The van der Waals surface area contributed by atoms with Gasteiger partial charge in [-0.3, -0.25) is 4.98 Å². The molecule has 1 aromatic rings. The van der Waals surface area contributed by atoms with Gasteiger partial charge in [0.25, 0.3) is 0 Å². The van der Waals surface area contributed by atoms with Crippen LogP contribution in [0.15, 0.2) is 29.4 Å². The Balaban J connectivity index is 2.33. The number of hydrogen-bond donors (Lipinski definition) is 1. The molecule has 2 rings (SSSR count). The van der Waals surface area contributed by atoms with Crippen molar-refractivity contribution in [2.45, 2.75) is 16.6 Å². The van der Waals surface area contributed by atoms with Gasteiger partial charge in [0, 0.05) is 18.9 Å². The smallest absolute Gasteiger partial charge is 0.182 e. The summed E-state index contributed by atoms with van der Waals surface area (Å²) in [7, 11) is -3.14. The first-order valence-electron chi connectivity index (χ1n) is 4.56. The molecule has 0 spiro atoms. The Bertz CT molecular complexity index is 396. The first-order valence-corrected chi connectivity index (χ1v) is 6.10. The van der Waals surface area contributed by atoms with Gasteiger partial charge in [-0.2, -0.15) is 0 Å². The highest BCUT2D eigenvalue weighted by molar-refractivity contribution is 7.92. The highest BCUT2D eigenvalue weighted by Gasteiger charge is 2.29. The van der Waals surface area contributed by atoms with Crippen LogP contribution < -0.4 is 5.32 Å². The van der Waals surface area contributed by atoms with Gasteiger partial charge in [0.1, 0.15) is 0 Å². The average Bonchev–Trinajstić information content (AvgIpc) is 2.72. The number of aromatic nitrogens is 1. The average molecular weight is 212 g/mol. The highest BCUT2D eigenvalue weighted by Crippen LogP contribution is 2.19. The Hall–Kier alpha value is -0.940. The summed E-state index contributed by atoms with van der Waals surface area (Å²) in [6.45, 7) is 1.35. The van der Waals surface area contributed by atoms with Gasteiger partial charge in [0.2, 0.25) is 0 Å². The molecule has 76 valence electrons. The normalized spacial score (nSPS) is 22.4. The number of sulfone groups is 1. The summed E-state index contributed by atoms with van der Waals surface area (Å²) in [6, 6.07) is 3.10. The molecule has 1 aromatic heterocycles. The molecule has 1 N–H and O–H groups in total. The Labute approximate surface area is 83.3 Å². The van der Waals surface area contributed by atoms with Crippen molar-refractivity contribution in [3.63, 3.8) is 0 Å². The molecule has 1 aliphatic rings. The zero-order valence-electron chi connectivity index (χ0n) is 7.68. The molecule has 1 aliphatic heterocycles. The van der Waals surface area contributed by atoms with Gasteiger partial charge < -0.3 is 5.32 Å². The third kappa shape index (κ3) is 1.65. The van der Waals surface area contributed by atoms with Gasteiger partial charge in [-0.05, 0) is 25.1 Å². The molecule has 1 fully saturated rings. The number of rotatable bonds is 2. The van der Waals surface area contributed by atoms with Crippen LogP contribution in [-0.2, 0) is 9.84 Å². The molecule has 0 unspecified atom stereocenters. The van der Waals surface area contributed by atoms with Gasteiger partial charge in [0.05, 0.1) is 10.1 Å². The summed E-state index contributed by atoms with van der Waals surface area (Å²) in [5.74, 6) is 0. The largest absolute Gasteiger partial charge is 0.315 e. The number of hydrogen-bond acceptors (Lipinski definition) is 4. The SMILES string of the molecule is O=S(=O)(c1ccncc1)[C@@H]1CCNC1. The van der Waals surface area contributed by atoms with Gasteiger partial charge in [0.15, 0.2) is 9.84 Å². The van der Waals surface area contributed by atoms with E-state index in [9.17, 15) is 8.42 Å². The second kappa shape index (κ2) is 3.67. The lowest BCUT2D eigenvalue weighted by Crippen LogP contribution is -2.23. The molecule has 14 heavy (non-hydrogen) atoms. The van der Waals surface area contributed by atoms with E-state index in [1.165, 1.54) is 12.4 Å². The number of nitrogens with one attached hydrogen (secondary N) is 1. The minimum absolute atomic E-state index is 0.273. The topological polar surface area (TPSA) is 59.1 Å². The summed E-state index contributed by atoms with van der Waals surface area (Å²) in [6.07, 6.45) is 3.72. The predicted octanol–water partition coefficient (Wildman–Crippen LogP) is 0.217. The van der Waals surface area contributed by atoms with E-state index in [1.54, 1.807) is 12.1 Å². The monoisotopic (exact) mass is 212 g/mol. The van der Waals surface area contributed by atoms with Crippen molar-refractivity contribution in [1.29, 1.82) is 0 Å². The van der Waals surface area contributed by atoms with Crippen LogP contribution in [0.4, 0.5) is 0 Å². The molecular weight excluding hydrogens is 200 g/mol. The minimum atomic E-state index is -3.14. The summed E-state index contributed by atoms with van der Waals surface area (Å²) in [4.78, 5) is 4.18. The van der Waals surface area contributed by atoms with Crippen molar-refractivity contribution in [2.24, 2.45) is 0 Å². The molecule has 0 aromatic carbocycles. The van der Waals surface area contributed by atoms with E-state index in [-0.39, 0.29) is 5.25 Å². The van der Waals surface area contributed by atoms with E-state index in [4.69, 9.17) is 0 Å². The fourth-order valence-electron chi connectivity index (χ4n) is 1.61. The maximum Gasteiger partial charge on any atom is 0.182 e. The molecule has 0 radical (unpaired) electrons. The van der Waals surface area contributed by atoms with E-state index >= 15 is 0 Å². The summed E-state index contributed by atoms with van der Waals surface area (Å²) < 4.78 is 23.9. The zero-order valence-corrected chi connectivity index (χ0v) is 8.50. The van der Waals surface area contributed by atoms with Crippen molar-refractivity contribution in [1.82, 2.24) is 10.3 Å². The Kier molecular flexibility index (Phi) is 2.52. The third-order valence-corrected chi connectivity index (χ3v) is 4.64. The predicted molar refractivity (Wildman–Crippen MR) is 52.7 cm³/mol. The van der Waals surface area contributed by atoms with E-state index < -0.39 is 9.84 Å². The van der Waals surface area contributed by atoms with E-state index in [0.717, 1.165) is 6.54 Å². The van der Waals surface area contributed by atoms with Crippen LogP contribution in [0.5, 0.6) is 0 Å². The molecule has 5 heteroatoms. The molecule has 1 atom stereocenters. The quantitative estimate of drug-likeness (QED) is 0.761. The lowest BCUT2D eigenvalue weighted by atomic mass is 10.4. The van der Waals surface area contributed by atoms with Crippen LogP contribution in [0, 0.1) is 0 Å². The summed E-state index contributed by atoms with van der Waals surface area (Å²) in [5.41, 5.74) is 0. The van der Waals surface area contributed by atoms with Crippen LogP contribution in [0.25, 0.3) is 0 Å². The maximum atomic E-state index is 12.0. The lowest BCUT2D eigenvalue weighted by molar-refractivity contribution is 0.583. The first-order chi connectivity index (χ1) is 6.71. The second-order valence-electron chi connectivity index (χ2n) is 3.34. The van der Waals surface area contributed by atoms with Gasteiger partial charge in [-0.15, -0.1) is 0 Å². The van der Waals surface area contributed by atoms with E-state index in [2.05, 4.69) is 10.3 Å². The Morgan fingerprint density at radius 1 is 1.36 bits per heavy atom. The van der Waals surface area contributed by atoms with Crippen molar-refractivity contribution in [3.05, 3.63) is 24.5 Å². The fraction of sp³-hybridized carbons (Fsp3) is 0.444. The van der Waals surface area contributed by atoms with Crippen LogP contribution >= 0.6 is 0 Å². The minimum Gasteiger partial charge on any atom is -0.315 e. The van der Waals surface area contributed by atoms with Crippen molar-refractivity contribution < 1.29 is 8.42 Å². The molecule has 0 amide bonds. The number of pyridine rings is 1. The van der Waals surface area contributed by atoms with Crippen LogP contribution in [0.3, 0.4) is 0 Å². The van der Waals surface area contributed by atoms with E-state index in [1.807, 2.05) is 0 Å². The molecule has 0 bridgehead atoms. The molecule has 0 aliphatic carbocycles. The summed E-state index contributed by atoms with van der Waals surface area (Å²) >= 11 is 0. The standard InChI is InChI=1S/C9H12N2O2S/c12-14(13,9-3-6-11-7-9)8-1-4-10-5-2-8/h1-2,4-5,9,11H,3,6-7H2/t9-/m1/s1. The van der Waals surface area contributed by atoms with Crippen molar-refractivity contribution in [2.75, 3.05) is 13.1 Å². The first kappa shape index (κ1) is 9.61. The zero-order chi connectivity index (χ0) is 10.0. The van der Waals surface area contributed by atoms with Gasteiger partial charge >= 0.3 is 0 Å². The summed E-state index contributed by atoms with van der Waals surface area (Å²) in [5, 5.41) is 2.78. The van der Waals surface area contributed by atoms with Crippen molar-refractivity contribution in [3.8, 4) is 0 Å². The van der Waals surface area contributed by atoms with E-state index in [0.29, 0.717) is 17.9 Å². The van der Waals surface area contributed by atoms with Gasteiger partial charge in [-0.25, -0.2) is 8.42 Å². The molecule has 2 heterocycles. The third-order valence-electron chi connectivity index (χ3n) is 2.43. The Morgan fingerprint density at radius 3 is 2.64 bits per heavy atom. The van der Waals surface area contributed by atoms with Crippen LogP contribution in [-0.4, -0.2) is 31.7 Å². The fourth-order valence-corrected chi connectivity index (χ4v) is 3.26. The molecule has 1 saturated heterocycles. The lowest BCUT2D eigenvalue weighted by Gasteiger charge is -2.09. The molecular formula is C9H12N2O2S. The highest BCUT2D eigenvalue weighted by atomic mass is 32.2.